The molecule has 0 bridgehead atoms. The average Bonchev–Trinajstić information content (AvgIpc) is 2.69. The molecule has 0 radical (unpaired) electrons. The number of nitrogens with one attached hydrogen (secondary N) is 1. The Morgan fingerprint density at radius 2 is 2.13 bits per heavy atom. The lowest BCUT2D eigenvalue weighted by atomic mass is 10.2. The minimum atomic E-state index is 0.405. The Balaban J connectivity index is 2.09. The van der Waals surface area contributed by atoms with E-state index in [9.17, 15) is 0 Å². The number of hydrogen-bond acceptors (Lipinski definition) is 4. The van der Waals surface area contributed by atoms with Crippen molar-refractivity contribution in [3.8, 4) is 5.88 Å². The highest BCUT2D eigenvalue weighted by atomic mass is 35.5. The standard InChI is InChI=1S/C10H14ClN3O/c1-15-9-6-8(11)13-10(14-9)12-7-4-2-3-5-7/h6-7H,2-5H2,1H3,(H,12,13,14). The molecule has 15 heavy (non-hydrogen) atoms. The highest BCUT2D eigenvalue weighted by Gasteiger charge is 2.16. The van der Waals surface area contributed by atoms with Crippen LogP contribution in [0.25, 0.3) is 0 Å². The lowest BCUT2D eigenvalue weighted by Crippen LogP contribution is -2.16. The van der Waals surface area contributed by atoms with Crippen LogP contribution < -0.4 is 10.1 Å². The largest absolute Gasteiger partial charge is 0.481 e. The van der Waals surface area contributed by atoms with Crippen molar-refractivity contribution in [1.29, 1.82) is 0 Å². The molecule has 82 valence electrons. The number of aromatic nitrogens is 2. The molecular weight excluding hydrogens is 214 g/mol. The van der Waals surface area contributed by atoms with Gasteiger partial charge in [0.25, 0.3) is 0 Å². The number of anilines is 1. The predicted molar refractivity (Wildman–Crippen MR) is 59.5 cm³/mol. The average molecular weight is 228 g/mol. The number of nitrogens with zero attached hydrogens (tertiary/aromatic N) is 2. The summed E-state index contributed by atoms with van der Waals surface area (Å²) in [5.74, 6) is 1.06. The first kappa shape index (κ1) is 10.5. The Hall–Kier alpha value is -1.03. The Bertz CT molecular complexity index is 339. The normalized spacial score (nSPS) is 16.7. The SMILES string of the molecule is COc1cc(Cl)nc(NC2CCCC2)n1. The fraction of sp³-hybridized carbons (Fsp3) is 0.600. The Kier molecular flexibility index (Phi) is 3.26. The first-order valence-corrected chi connectivity index (χ1v) is 5.51. The summed E-state index contributed by atoms with van der Waals surface area (Å²) in [6, 6.07) is 2.08. The summed E-state index contributed by atoms with van der Waals surface area (Å²) in [6.45, 7) is 0. The summed E-state index contributed by atoms with van der Waals surface area (Å²) in [5, 5.41) is 3.67. The molecule has 1 heterocycles. The second kappa shape index (κ2) is 4.66. The van der Waals surface area contributed by atoms with Gasteiger partial charge in [-0.25, -0.2) is 4.98 Å². The van der Waals surface area contributed by atoms with E-state index in [2.05, 4.69) is 15.3 Å². The minimum Gasteiger partial charge on any atom is -0.481 e. The van der Waals surface area contributed by atoms with Gasteiger partial charge in [-0.1, -0.05) is 24.4 Å². The molecule has 0 unspecified atom stereocenters. The van der Waals surface area contributed by atoms with Crippen LogP contribution in [-0.2, 0) is 0 Å². The Morgan fingerprint density at radius 3 is 2.80 bits per heavy atom. The van der Waals surface area contributed by atoms with E-state index in [4.69, 9.17) is 16.3 Å². The van der Waals surface area contributed by atoms with Crippen molar-refractivity contribution in [2.45, 2.75) is 31.7 Å². The quantitative estimate of drug-likeness (QED) is 0.806. The summed E-state index contributed by atoms with van der Waals surface area (Å²) < 4.78 is 5.02. The van der Waals surface area contributed by atoms with Crippen molar-refractivity contribution in [1.82, 2.24) is 9.97 Å². The molecule has 1 saturated carbocycles. The molecule has 1 aromatic heterocycles. The van der Waals surface area contributed by atoms with Gasteiger partial charge in [-0.15, -0.1) is 0 Å². The van der Waals surface area contributed by atoms with Crippen molar-refractivity contribution in [3.05, 3.63) is 11.2 Å². The maximum Gasteiger partial charge on any atom is 0.227 e. The molecule has 1 aliphatic rings. The summed E-state index contributed by atoms with van der Waals surface area (Å²) in [7, 11) is 1.57. The van der Waals surface area contributed by atoms with Crippen LogP contribution in [0.3, 0.4) is 0 Å². The van der Waals surface area contributed by atoms with Gasteiger partial charge in [0, 0.05) is 12.1 Å². The topological polar surface area (TPSA) is 47.0 Å². The molecule has 0 amide bonds. The highest BCUT2D eigenvalue weighted by Crippen LogP contribution is 2.22. The molecule has 0 spiro atoms. The number of hydrogen-bond donors (Lipinski definition) is 1. The van der Waals surface area contributed by atoms with E-state index < -0.39 is 0 Å². The van der Waals surface area contributed by atoms with Gasteiger partial charge in [0.05, 0.1) is 7.11 Å². The van der Waals surface area contributed by atoms with E-state index in [1.165, 1.54) is 25.7 Å². The second-order valence-corrected chi connectivity index (χ2v) is 4.07. The van der Waals surface area contributed by atoms with Crippen LogP contribution in [0.15, 0.2) is 6.07 Å². The van der Waals surface area contributed by atoms with Crippen LogP contribution in [0.5, 0.6) is 5.88 Å². The molecule has 5 heteroatoms. The molecule has 0 atom stereocenters. The highest BCUT2D eigenvalue weighted by molar-refractivity contribution is 6.29. The number of rotatable bonds is 3. The molecule has 0 aromatic carbocycles. The van der Waals surface area contributed by atoms with E-state index in [0.717, 1.165) is 0 Å². The zero-order chi connectivity index (χ0) is 10.7. The molecule has 1 aromatic rings. The van der Waals surface area contributed by atoms with Crippen molar-refractivity contribution in [2.24, 2.45) is 0 Å². The van der Waals surface area contributed by atoms with Crippen LogP contribution in [0.2, 0.25) is 5.15 Å². The third-order valence-electron chi connectivity index (χ3n) is 2.57. The van der Waals surface area contributed by atoms with Crippen LogP contribution in [0.1, 0.15) is 25.7 Å². The zero-order valence-corrected chi connectivity index (χ0v) is 9.42. The monoisotopic (exact) mass is 227 g/mol. The van der Waals surface area contributed by atoms with Crippen molar-refractivity contribution in [2.75, 3.05) is 12.4 Å². The molecule has 1 N–H and O–H groups in total. The minimum absolute atomic E-state index is 0.405. The van der Waals surface area contributed by atoms with E-state index >= 15 is 0 Å². The van der Waals surface area contributed by atoms with Gasteiger partial charge in [0.2, 0.25) is 11.8 Å². The fourth-order valence-electron chi connectivity index (χ4n) is 1.82. The van der Waals surface area contributed by atoms with E-state index in [1.807, 2.05) is 0 Å². The van der Waals surface area contributed by atoms with Crippen molar-refractivity contribution >= 4 is 17.5 Å². The molecule has 4 nitrogen and oxygen atoms in total. The van der Waals surface area contributed by atoms with E-state index in [-0.39, 0.29) is 0 Å². The van der Waals surface area contributed by atoms with Gasteiger partial charge in [0.15, 0.2) is 0 Å². The number of ether oxygens (including phenoxy) is 1. The maximum atomic E-state index is 5.84. The van der Waals surface area contributed by atoms with Crippen LogP contribution in [0.4, 0.5) is 5.95 Å². The zero-order valence-electron chi connectivity index (χ0n) is 8.66. The Labute approximate surface area is 94.0 Å². The van der Waals surface area contributed by atoms with Gasteiger partial charge >= 0.3 is 0 Å². The Morgan fingerprint density at radius 1 is 1.40 bits per heavy atom. The third-order valence-corrected chi connectivity index (χ3v) is 2.76. The van der Waals surface area contributed by atoms with Gasteiger partial charge in [-0.3, -0.25) is 0 Å². The van der Waals surface area contributed by atoms with Gasteiger partial charge in [-0.05, 0) is 12.8 Å². The number of halogens is 1. The first-order chi connectivity index (χ1) is 7.28. The summed E-state index contributed by atoms with van der Waals surface area (Å²) in [5.41, 5.74) is 0. The van der Waals surface area contributed by atoms with Gasteiger partial charge in [0.1, 0.15) is 5.15 Å². The first-order valence-electron chi connectivity index (χ1n) is 5.13. The summed E-state index contributed by atoms with van der Waals surface area (Å²) in [6.07, 6.45) is 4.90. The van der Waals surface area contributed by atoms with Gasteiger partial charge < -0.3 is 10.1 Å². The second-order valence-electron chi connectivity index (χ2n) is 3.68. The molecule has 0 aliphatic heterocycles. The molecule has 1 aliphatic carbocycles. The fourth-order valence-corrected chi connectivity index (χ4v) is 1.99. The van der Waals surface area contributed by atoms with Crippen molar-refractivity contribution in [3.63, 3.8) is 0 Å². The molecular formula is C10H14ClN3O. The maximum absolute atomic E-state index is 5.84. The predicted octanol–water partition coefficient (Wildman–Crippen LogP) is 2.49. The lowest BCUT2D eigenvalue weighted by Gasteiger charge is -2.12. The van der Waals surface area contributed by atoms with E-state index in [0.29, 0.717) is 23.0 Å². The lowest BCUT2D eigenvalue weighted by molar-refractivity contribution is 0.397. The summed E-state index contributed by atoms with van der Waals surface area (Å²) >= 11 is 5.84. The van der Waals surface area contributed by atoms with Crippen molar-refractivity contribution < 1.29 is 4.74 Å². The van der Waals surface area contributed by atoms with Gasteiger partial charge in [-0.2, -0.15) is 4.98 Å². The molecule has 2 rings (SSSR count). The van der Waals surface area contributed by atoms with Crippen LogP contribution in [0, 0.1) is 0 Å². The molecule has 1 fully saturated rings. The smallest absolute Gasteiger partial charge is 0.227 e. The van der Waals surface area contributed by atoms with E-state index in [1.54, 1.807) is 13.2 Å². The van der Waals surface area contributed by atoms with Crippen LogP contribution in [-0.4, -0.2) is 23.1 Å². The van der Waals surface area contributed by atoms with Crippen LogP contribution >= 0.6 is 11.6 Å². The number of methoxy groups -OCH3 is 1. The summed E-state index contributed by atoms with van der Waals surface area (Å²) in [4.78, 5) is 8.30. The third kappa shape index (κ3) is 2.72. The molecule has 0 saturated heterocycles.